The van der Waals surface area contributed by atoms with Crippen molar-refractivity contribution in [1.29, 1.82) is 0 Å². The summed E-state index contributed by atoms with van der Waals surface area (Å²) in [6.45, 7) is 0.732. The van der Waals surface area contributed by atoms with Crippen molar-refractivity contribution in [2.24, 2.45) is 0 Å². The third kappa shape index (κ3) is 6.83. The van der Waals surface area contributed by atoms with Gasteiger partial charge in [-0.3, -0.25) is 14.4 Å². The minimum Gasteiger partial charge on any atom is -0.410 e. The molecule has 16 heteroatoms. The predicted octanol–water partition coefficient (Wildman–Crippen LogP) is 2.74. The Morgan fingerprint density at radius 1 is 1.18 bits per heavy atom. The highest BCUT2D eigenvalue weighted by Gasteiger charge is 2.39. The van der Waals surface area contributed by atoms with E-state index < -0.39 is 35.9 Å². The summed E-state index contributed by atoms with van der Waals surface area (Å²) in [7, 11) is 0. The molecule has 3 heterocycles. The zero-order valence-electron chi connectivity index (χ0n) is 23.3. The summed E-state index contributed by atoms with van der Waals surface area (Å²) in [5, 5.41) is 18.9. The van der Waals surface area contributed by atoms with E-state index in [2.05, 4.69) is 31.3 Å². The summed E-state index contributed by atoms with van der Waals surface area (Å²) in [5.74, 6) is -1.59. The smallest absolute Gasteiger partial charge is 0.410 e. The van der Waals surface area contributed by atoms with Crippen LogP contribution in [-0.4, -0.2) is 79.1 Å². The number of likely N-dealkylation sites (tertiary alicyclic amines) is 1. The quantitative estimate of drug-likeness (QED) is 0.226. The third-order valence-electron chi connectivity index (χ3n) is 7.11. The van der Waals surface area contributed by atoms with Gasteiger partial charge in [-0.1, -0.05) is 28.9 Å². The Bertz CT molecular complexity index is 1710. The standard InChI is InChI=1S/C28H27ClF2N8O5/c1-15(40)20-13-38(22-10-18(5-6-19(20)22)44-28(43)32-8-7-24-34-36-37-35-24)14-25(41)39-12-17(30)9-23(39)27(42)33-11-16-3-2-4-21(29)26(16)31/h2-6,10,13,17,23H,7-9,11-12,14H2,1H3,(H,32,43)(H,33,42)(H,34,35,36,37)/t17-,23+/m1/s1. The van der Waals surface area contributed by atoms with Crippen molar-refractivity contribution in [3.63, 3.8) is 0 Å². The minimum atomic E-state index is -1.44. The normalized spacial score (nSPS) is 16.2. The lowest BCUT2D eigenvalue weighted by Crippen LogP contribution is -2.46. The van der Waals surface area contributed by atoms with Crippen LogP contribution in [0.4, 0.5) is 13.6 Å². The summed E-state index contributed by atoms with van der Waals surface area (Å²) in [6, 6.07) is 7.85. The van der Waals surface area contributed by atoms with E-state index in [0.29, 0.717) is 28.7 Å². The van der Waals surface area contributed by atoms with E-state index in [1.54, 1.807) is 6.07 Å². The van der Waals surface area contributed by atoms with Crippen LogP contribution in [0.25, 0.3) is 10.9 Å². The van der Waals surface area contributed by atoms with Crippen molar-refractivity contribution in [2.45, 2.75) is 45.1 Å². The van der Waals surface area contributed by atoms with Gasteiger partial charge in [0.25, 0.3) is 0 Å². The monoisotopic (exact) mass is 628 g/mol. The first-order chi connectivity index (χ1) is 21.1. The first-order valence-electron chi connectivity index (χ1n) is 13.6. The van der Waals surface area contributed by atoms with Gasteiger partial charge in [0.05, 0.1) is 17.1 Å². The zero-order chi connectivity index (χ0) is 31.4. The average molecular weight is 629 g/mol. The first kappa shape index (κ1) is 30.5. The molecule has 3 N–H and O–H groups in total. The largest absolute Gasteiger partial charge is 0.412 e. The number of Topliss-reactive ketones (excluding diaryl/α,β-unsaturated/α-hetero) is 1. The number of alkyl halides is 1. The van der Waals surface area contributed by atoms with Crippen LogP contribution >= 0.6 is 11.6 Å². The summed E-state index contributed by atoms with van der Waals surface area (Å²) >= 11 is 5.80. The third-order valence-corrected chi connectivity index (χ3v) is 7.41. The molecule has 2 atom stereocenters. The maximum Gasteiger partial charge on any atom is 0.412 e. The molecule has 230 valence electrons. The molecule has 2 aromatic heterocycles. The molecule has 1 aliphatic rings. The SMILES string of the molecule is CC(=O)c1cn(CC(=O)N2C[C@H](F)C[C@H]2C(=O)NCc2cccc(Cl)c2F)c2cc(OC(=O)NCCc3nn[nH]n3)ccc12. The molecule has 0 spiro atoms. The fourth-order valence-electron chi connectivity index (χ4n) is 4.99. The Morgan fingerprint density at radius 3 is 2.75 bits per heavy atom. The number of nitrogens with zero attached hydrogens (tertiary/aromatic N) is 5. The van der Waals surface area contributed by atoms with Crippen LogP contribution in [0, 0.1) is 5.82 Å². The number of amides is 3. The van der Waals surface area contributed by atoms with Crippen LogP contribution in [0.1, 0.15) is 35.1 Å². The number of fused-ring (bicyclic) bond motifs is 1. The van der Waals surface area contributed by atoms with Crippen molar-refractivity contribution < 1.29 is 32.7 Å². The maximum atomic E-state index is 14.5. The van der Waals surface area contributed by atoms with Crippen LogP contribution in [0.15, 0.2) is 42.6 Å². The van der Waals surface area contributed by atoms with E-state index in [9.17, 15) is 28.0 Å². The number of hydrogen-bond acceptors (Lipinski definition) is 8. The van der Waals surface area contributed by atoms with E-state index in [-0.39, 0.29) is 54.7 Å². The van der Waals surface area contributed by atoms with Crippen molar-refractivity contribution in [3.05, 3.63) is 70.4 Å². The van der Waals surface area contributed by atoms with Crippen molar-refractivity contribution in [1.82, 2.24) is 40.7 Å². The topological polar surface area (TPSA) is 164 Å². The summed E-state index contributed by atoms with van der Waals surface area (Å²) in [6.07, 6.45) is -0.596. The number of H-pyrrole nitrogens is 1. The molecule has 0 bridgehead atoms. The Morgan fingerprint density at radius 2 is 2.00 bits per heavy atom. The van der Waals surface area contributed by atoms with Gasteiger partial charge in [0.15, 0.2) is 11.6 Å². The molecule has 1 fully saturated rings. The highest BCUT2D eigenvalue weighted by molar-refractivity contribution is 6.30. The van der Waals surface area contributed by atoms with Crippen LogP contribution in [0.3, 0.4) is 0 Å². The number of carbonyl (C=O) groups is 4. The van der Waals surface area contributed by atoms with Crippen molar-refractivity contribution in [3.8, 4) is 5.75 Å². The summed E-state index contributed by atoms with van der Waals surface area (Å²) in [4.78, 5) is 52.2. The Hall–Kier alpha value is -4.92. The Labute approximate surface area is 253 Å². The molecule has 2 aromatic carbocycles. The first-order valence-corrected chi connectivity index (χ1v) is 13.9. The molecule has 13 nitrogen and oxygen atoms in total. The van der Waals surface area contributed by atoms with Crippen molar-refractivity contribution in [2.75, 3.05) is 13.1 Å². The fraction of sp³-hybridized carbons (Fsp3) is 0.321. The highest BCUT2D eigenvalue weighted by atomic mass is 35.5. The van der Waals surface area contributed by atoms with Gasteiger partial charge >= 0.3 is 6.09 Å². The van der Waals surface area contributed by atoms with E-state index in [1.165, 1.54) is 48.0 Å². The average Bonchev–Trinajstić information content (AvgIpc) is 3.73. The van der Waals surface area contributed by atoms with E-state index >= 15 is 0 Å². The molecule has 3 amide bonds. The predicted molar refractivity (Wildman–Crippen MR) is 152 cm³/mol. The number of tetrazole rings is 1. The van der Waals surface area contributed by atoms with Gasteiger partial charge in [0.1, 0.15) is 30.3 Å². The summed E-state index contributed by atoms with van der Waals surface area (Å²) in [5.41, 5.74) is 0.883. The van der Waals surface area contributed by atoms with E-state index in [1.807, 2.05) is 0 Å². The number of rotatable bonds is 10. The number of aromatic amines is 1. The van der Waals surface area contributed by atoms with Crippen LogP contribution < -0.4 is 15.4 Å². The van der Waals surface area contributed by atoms with Crippen molar-refractivity contribution >= 4 is 46.2 Å². The molecule has 0 aliphatic carbocycles. The number of nitrogens with one attached hydrogen (secondary N) is 3. The van der Waals surface area contributed by atoms with Crippen LogP contribution in [0.2, 0.25) is 5.02 Å². The van der Waals surface area contributed by atoms with Gasteiger partial charge in [0.2, 0.25) is 11.8 Å². The van der Waals surface area contributed by atoms with Crippen LogP contribution in [-0.2, 0) is 29.1 Å². The molecule has 5 rings (SSSR count). The van der Waals surface area contributed by atoms with Gasteiger partial charge in [-0.15, -0.1) is 10.2 Å². The highest BCUT2D eigenvalue weighted by Crippen LogP contribution is 2.28. The molecule has 0 unspecified atom stereocenters. The lowest BCUT2D eigenvalue weighted by molar-refractivity contribution is -0.139. The molecule has 0 saturated carbocycles. The number of carbonyl (C=O) groups excluding carboxylic acids is 4. The number of ketones is 1. The Kier molecular flexibility index (Phi) is 9.13. The second kappa shape index (κ2) is 13.2. The minimum absolute atomic E-state index is 0.100. The molecule has 44 heavy (non-hydrogen) atoms. The zero-order valence-corrected chi connectivity index (χ0v) is 24.1. The van der Waals surface area contributed by atoms with E-state index in [4.69, 9.17) is 16.3 Å². The summed E-state index contributed by atoms with van der Waals surface area (Å²) < 4.78 is 35.6. The van der Waals surface area contributed by atoms with Gasteiger partial charge in [-0.25, -0.2) is 13.6 Å². The number of ether oxygens (including phenoxy) is 1. The molecular weight excluding hydrogens is 602 g/mol. The molecule has 4 aromatic rings. The van der Waals surface area contributed by atoms with Gasteiger partial charge in [-0.05, 0) is 25.1 Å². The lowest BCUT2D eigenvalue weighted by Gasteiger charge is -2.24. The molecule has 1 saturated heterocycles. The number of aromatic nitrogens is 5. The van der Waals surface area contributed by atoms with E-state index in [0.717, 1.165) is 4.90 Å². The van der Waals surface area contributed by atoms with Gasteiger partial charge in [0, 0.05) is 54.7 Å². The fourth-order valence-corrected chi connectivity index (χ4v) is 5.18. The molecule has 0 radical (unpaired) electrons. The maximum absolute atomic E-state index is 14.5. The second-order valence-electron chi connectivity index (χ2n) is 10.1. The van der Waals surface area contributed by atoms with Crippen LogP contribution in [0.5, 0.6) is 5.75 Å². The second-order valence-corrected chi connectivity index (χ2v) is 10.5. The number of benzene rings is 2. The molecule has 1 aliphatic heterocycles. The number of hydrogen-bond donors (Lipinski definition) is 3. The van der Waals surface area contributed by atoms with Gasteiger partial charge < -0.3 is 24.8 Å². The Balaban J connectivity index is 1.29. The molecular formula is C28H27ClF2N8O5. The number of halogens is 3. The lowest BCUT2D eigenvalue weighted by atomic mass is 10.1. The van der Waals surface area contributed by atoms with Gasteiger partial charge in [-0.2, -0.15) is 5.21 Å².